The smallest absolute Gasteiger partial charge is 0.170 e. The van der Waals surface area contributed by atoms with E-state index in [1.165, 1.54) is 0 Å². The van der Waals surface area contributed by atoms with E-state index in [4.69, 9.17) is 4.76 Å². The molecule has 7 heteroatoms. The van der Waals surface area contributed by atoms with Crippen molar-refractivity contribution in [1.29, 1.82) is 0 Å². The molecular weight excluding hydrogens is 432 g/mol. The lowest BCUT2D eigenvalue weighted by molar-refractivity contribution is 0.256. The van der Waals surface area contributed by atoms with Gasteiger partial charge < -0.3 is 0 Å². The van der Waals surface area contributed by atoms with E-state index in [-0.39, 0.29) is 0 Å². The fourth-order valence-corrected chi connectivity index (χ4v) is 9.97. The monoisotopic (exact) mass is 489 g/mol. The molecule has 0 unspecified atom stereocenters. The van der Waals surface area contributed by atoms with Gasteiger partial charge in [0, 0.05) is 48.3 Å². The topological polar surface area (TPSA) is 25.3 Å². The summed E-state index contributed by atoms with van der Waals surface area (Å²) in [6.07, 6.45) is 0. The van der Waals surface area contributed by atoms with E-state index < -0.39 is 16.6 Å². The van der Waals surface area contributed by atoms with E-state index >= 15 is 0 Å². The van der Waals surface area contributed by atoms with Crippen LogP contribution in [0.25, 0.3) is 0 Å². The van der Waals surface area contributed by atoms with Crippen molar-refractivity contribution in [3.8, 4) is 0 Å². The Bertz CT molecular complexity index is 414. The second kappa shape index (κ2) is 14.7. The molecule has 0 aliphatic heterocycles. The molecule has 0 aromatic rings. The molecule has 0 radical (unpaired) electrons. The summed E-state index contributed by atoms with van der Waals surface area (Å²) in [5.74, 6) is 2.36. The molecule has 0 N–H and O–H groups in total. The zero-order valence-electron chi connectivity index (χ0n) is 24.3. The molecule has 0 aliphatic carbocycles. The quantitative estimate of drug-likeness (QED) is 0.182. The minimum atomic E-state index is -0.805. The molecule has 0 amide bonds. The van der Waals surface area contributed by atoms with Crippen molar-refractivity contribution in [2.24, 2.45) is 4.76 Å². The largest absolute Gasteiger partial charge is 0.260 e. The molecule has 0 atom stereocenters. The minimum Gasteiger partial charge on any atom is -0.260 e. The molecule has 0 spiro atoms. The van der Waals surface area contributed by atoms with E-state index in [0.717, 1.165) is 0 Å². The predicted octanol–water partition coefficient (Wildman–Crippen LogP) is 8.03. The second-order valence-corrected chi connectivity index (χ2v) is 14.6. The van der Waals surface area contributed by atoms with Crippen molar-refractivity contribution in [1.82, 2.24) is 18.7 Å². The van der Waals surface area contributed by atoms with E-state index in [1.54, 1.807) is 0 Å². The maximum Gasteiger partial charge on any atom is 0.170 e. The Kier molecular flexibility index (Phi) is 14.9. The van der Waals surface area contributed by atoms with Crippen LogP contribution in [0.5, 0.6) is 0 Å². The summed E-state index contributed by atoms with van der Waals surface area (Å²) in [7, 11) is -1.47. The van der Waals surface area contributed by atoms with E-state index in [0.29, 0.717) is 48.3 Å². The molecule has 0 bridgehead atoms. The third-order valence-electron chi connectivity index (χ3n) is 5.38. The van der Waals surface area contributed by atoms with Crippen LogP contribution in [-0.2, 0) is 0 Å². The van der Waals surface area contributed by atoms with Crippen molar-refractivity contribution in [3.63, 3.8) is 0 Å². The van der Waals surface area contributed by atoms with Gasteiger partial charge in [-0.3, -0.25) is 9.34 Å². The average Bonchev–Trinajstić information content (AvgIpc) is 2.56. The third kappa shape index (κ3) is 9.20. The number of rotatable bonds is 14. The van der Waals surface area contributed by atoms with Gasteiger partial charge in [-0.25, -0.2) is 14.1 Å². The van der Waals surface area contributed by atoms with Gasteiger partial charge in [0.05, 0.1) is 14.2 Å². The summed E-state index contributed by atoms with van der Waals surface area (Å²) < 4.78 is 16.1. The first-order valence-corrected chi connectivity index (χ1v) is 15.3. The molecule has 0 heterocycles. The Labute approximate surface area is 205 Å². The first kappa shape index (κ1) is 32.4. The van der Waals surface area contributed by atoms with Gasteiger partial charge in [-0.2, -0.15) is 0 Å². The molecule has 5 nitrogen and oxygen atoms in total. The fraction of sp³-hybridized carbons (Fsp3) is 0.960. The highest BCUT2D eigenvalue weighted by Crippen LogP contribution is 2.54. The fourth-order valence-electron chi connectivity index (χ4n) is 4.73. The first-order chi connectivity index (χ1) is 14.6. The Morgan fingerprint density at radius 3 is 0.812 bits per heavy atom. The summed E-state index contributed by atoms with van der Waals surface area (Å²) in [5, 5.41) is 0. The highest BCUT2D eigenvalue weighted by atomic mass is 31.2. The van der Waals surface area contributed by atoms with Gasteiger partial charge in [0.25, 0.3) is 0 Å². The lowest BCUT2D eigenvalue weighted by Gasteiger charge is -2.47. The summed E-state index contributed by atoms with van der Waals surface area (Å²) in [6.45, 7) is 37.1. The van der Waals surface area contributed by atoms with Crippen LogP contribution in [0, 0.1) is 0 Å². The van der Waals surface area contributed by atoms with Crippen LogP contribution >= 0.6 is 16.6 Å². The summed E-state index contributed by atoms with van der Waals surface area (Å²) in [6, 6.07) is 3.66. The van der Waals surface area contributed by atoms with Gasteiger partial charge in [0.1, 0.15) is 0 Å². The van der Waals surface area contributed by atoms with Crippen LogP contribution in [0.15, 0.2) is 4.76 Å². The summed E-state index contributed by atoms with van der Waals surface area (Å²) in [5.41, 5.74) is 0. The summed E-state index contributed by atoms with van der Waals surface area (Å²) >= 11 is 0. The molecular formula is C25H57N5P2. The molecule has 0 saturated heterocycles. The summed E-state index contributed by atoms with van der Waals surface area (Å²) in [4.78, 5) is 0. The molecule has 0 aromatic heterocycles. The Hall–Kier alpha value is 0.370. The van der Waals surface area contributed by atoms with Crippen LogP contribution in [0.1, 0.15) is 111 Å². The van der Waals surface area contributed by atoms with Gasteiger partial charge in [0.2, 0.25) is 0 Å². The molecule has 0 fully saturated rings. The standard InChI is InChI=1S/C25H57N5P2/c1-18(2)27(19(3)4)31(28(20(5)6)21(7)8)17-26-32(29(22(9)10)23(11)12)30(24(13)14)25(15)16/h17-25H,1-16H3. The molecule has 0 aliphatic rings. The van der Waals surface area contributed by atoms with Crippen molar-refractivity contribution in [2.45, 2.75) is 159 Å². The van der Waals surface area contributed by atoms with Gasteiger partial charge in [-0.05, 0) is 111 Å². The highest BCUT2D eigenvalue weighted by molar-refractivity contribution is 7.69. The molecule has 32 heavy (non-hydrogen) atoms. The van der Waals surface area contributed by atoms with Gasteiger partial charge in [-0.1, -0.05) is 0 Å². The van der Waals surface area contributed by atoms with E-state index in [1.807, 2.05) is 0 Å². The SMILES string of the molecule is CC(C)N(C(C)C)P(C=NP(N(C(C)C)C(C)C)N(C(C)C)C(C)C)N(C(C)C)C(C)C. The minimum absolute atomic E-state index is 0.446. The van der Waals surface area contributed by atoms with Crippen molar-refractivity contribution < 1.29 is 0 Å². The van der Waals surface area contributed by atoms with E-state index in [9.17, 15) is 0 Å². The van der Waals surface area contributed by atoms with Gasteiger partial charge >= 0.3 is 0 Å². The lowest BCUT2D eigenvalue weighted by Crippen LogP contribution is -2.43. The number of nitrogens with zero attached hydrogens (tertiary/aromatic N) is 5. The Balaban J connectivity index is 6.71. The number of hydrogen-bond acceptors (Lipinski definition) is 5. The average molecular weight is 490 g/mol. The third-order valence-corrected chi connectivity index (χ3v) is 11.7. The second-order valence-electron chi connectivity index (χ2n) is 11.1. The molecule has 0 aromatic carbocycles. The van der Waals surface area contributed by atoms with E-state index in [2.05, 4.69) is 135 Å². The molecule has 0 saturated carbocycles. The van der Waals surface area contributed by atoms with Crippen LogP contribution in [0.4, 0.5) is 0 Å². The Morgan fingerprint density at radius 2 is 0.625 bits per heavy atom. The van der Waals surface area contributed by atoms with Crippen LogP contribution in [-0.4, -0.2) is 73.0 Å². The maximum atomic E-state index is 5.52. The predicted molar refractivity (Wildman–Crippen MR) is 151 cm³/mol. The number of hydrogen-bond donors (Lipinski definition) is 0. The van der Waals surface area contributed by atoms with Crippen LogP contribution < -0.4 is 0 Å². The van der Waals surface area contributed by atoms with Gasteiger partial charge in [-0.15, -0.1) is 0 Å². The van der Waals surface area contributed by atoms with Crippen LogP contribution in [0.2, 0.25) is 0 Å². The highest BCUT2D eigenvalue weighted by Gasteiger charge is 2.35. The van der Waals surface area contributed by atoms with Crippen LogP contribution in [0.3, 0.4) is 0 Å². The maximum absolute atomic E-state index is 5.52. The van der Waals surface area contributed by atoms with Crippen molar-refractivity contribution >= 4 is 22.6 Å². The lowest BCUT2D eigenvalue weighted by atomic mass is 10.3. The van der Waals surface area contributed by atoms with Gasteiger partial charge in [0.15, 0.2) is 8.37 Å². The molecule has 192 valence electrons. The Morgan fingerprint density at radius 1 is 0.406 bits per heavy atom. The first-order valence-electron chi connectivity index (χ1n) is 12.8. The normalized spacial score (nSPS) is 14.3. The zero-order valence-corrected chi connectivity index (χ0v) is 26.1. The van der Waals surface area contributed by atoms with Crippen molar-refractivity contribution in [2.75, 3.05) is 0 Å². The zero-order chi connectivity index (χ0) is 25.5. The molecule has 0 rings (SSSR count). The van der Waals surface area contributed by atoms with Crippen molar-refractivity contribution in [3.05, 3.63) is 0 Å².